The lowest BCUT2D eigenvalue weighted by molar-refractivity contribution is -0.150. The minimum atomic E-state index is -1.53. The Hall–Kier alpha value is -2.67. The third kappa shape index (κ3) is 5.70. The number of hydrogen-bond acceptors (Lipinski definition) is 4. The highest BCUT2D eigenvalue weighted by atomic mass is 16.5. The number of hydroxylamine groups is 1. The fourth-order valence-corrected chi connectivity index (χ4v) is 2.86. The second kappa shape index (κ2) is 10.4. The number of aliphatic carboxylic acids is 1. The Morgan fingerprint density at radius 2 is 1.85 bits per heavy atom. The zero-order valence-electron chi connectivity index (χ0n) is 15.1. The summed E-state index contributed by atoms with van der Waals surface area (Å²) in [6, 6.07) is 5.28. The Labute approximate surface area is 153 Å². The van der Waals surface area contributed by atoms with Gasteiger partial charge in [0.05, 0.1) is 0 Å². The molecule has 0 saturated carbocycles. The number of carbonyl (C=O) groups is 3. The van der Waals surface area contributed by atoms with E-state index in [1.54, 1.807) is 24.3 Å². The van der Waals surface area contributed by atoms with Crippen LogP contribution >= 0.6 is 0 Å². The zero-order chi connectivity index (χ0) is 19.7. The Kier molecular flexibility index (Phi) is 8.51. The standard InChI is InChI=1S/C19H26N2O5/c1-4-5-9-15(12-13(2)3)17(22)21(19(25)20-26)16(18(23)24)14-10-7-6-8-11-14/h4,6-8,10-11,13,15-16,26H,1,5,9,12H2,2-3H3,(H,20,25)(H,23,24). The molecule has 2 unspecified atom stereocenters. The van der Waals surface area contributed by atoms with Gasteiger partial charge >= 0.3 is 12.0 Å². The Morgan fingerprint density at radius 1 is 1.23 bits per heavy atom. The quantitative estimate of drug-likeness (QED) is 0.355. The maximum atomic E-state index is 13.1. The number of hydrogen-bond donors (Lipinski definition) is 3. The number of benzene rings is 1. The van der Waals surface area contributed by atoms with Crippen LogP contribution in [0.25, 0.3) is 0 Å². The lowest BCUT2D eigenvalue weighted by Crippen LogP contribution is -2.49. The van der Waals surface area contributed by atoms with Gasteiger partial charge < -0.3 is 5.11 Å². The van der Waals surface area contributed by atoms with Crippen LogP contribution in [0.1, 0.15) is 44.7 Å². The molecule has 0 spiro atoms. The van der Waals surface area contributed by atoms with Gasteiger partial charge in [-0.1, -0.05) is 50.3 Å². The molecule has 0 bridgehead atoms. The average molecular weight is 362 g/mol. The molecule has 0 aliphatic heterocycles. The molecule has 1 aromatic rings. The van der Waals surface area contributed by atoms with Gasteiger partial charge in [-0.3, -0.25) is 10.0 Å². The third-order valence-corrected chi connectivity index (χ3v) is 3.98. The first-order chi connectivity index (χ1) is 12.3. The van der Waals surface area contributed by atoms with Crippen molar-refractivity contribution in [2.24, 2.45) is 11.8 Å². The number of carboxylic acids is 1. The van der Waals surface area contributed by atoms with Gasteiger partial charge in [0.1, 0.15) is 0 Å². The summed E-state index contributed by atoms with van der Waals surface area (Å²) in [7, 11) is 0. The number of nitrogens with one attached hydrogen (secondary N) is 1. The summed E-state index contributed by atoms with van der Waals surface area (Å²) in [6.07, 6.45) is 3.16. The van der Waals surface area contributed by atoms with Crippen molar-refractivity contribution >= 4 is 17.9 Å². The zero-order valence-corrected chi connectivity index (χ0v) is 15.1. The molecule has 0 aliphatic rings. The van der Waals surface area contributed by atoms with E-state index in [0.29, 0.717) is 24.2 Å². The second-order valence-corrected chi connectivity index (χ2v) is 6.47. The number of urea groups is 1. The summed E-state index contributed by atoms with van der Waals surface area (Å²) in [5.41, 5.74) is 1.67. The number of allylic oxidation sites excluding steroid dienone is 1. The molecule has 3 N–H and O–H groups in total. The average Bonchev–Trinajstić information content (AvgIpc) is 2.61. The van der Waals surface area contributed by atoms with Gasteiger partial charge in [-0.2, -0.15) is 0 Å². The van der Waals surface area contributed by atoms with Gasteiger partial charge in [-0.15, -0.1) is 6.58 Å². The van der Waals surface area contributed by atoms with E-state index in [2.05, 4.69) is 6.58 Å². The minimum absolute atomic E-state index is 0.174. The first kappa shape index (κ1) is 21.4. The van der Waals surface area contributed by atoms with E-state index in [4.69, 9.17) is 5.21 Å². The number of imide groups is 1. The fourth-order valence-electron chi connectivity index (χ4n) is 2.86. The van der Waals surface area contributed by atoms with E-state index >= 15 is 0 Å². The number of carboxylic acid groups (broad SMARTS) is 1. The van der Waals surface area contributed by atoms with Gasteiger partial charge in [-0.25, -0.2) is 20.0 Å². The number of nitrogens with zero attached hydrogens (tertiary/aromatic N) is 1. The molecule has 0 fully saturated rings. The van der Waals surface area contributed by atoms with Crippen molar-refractivity contribution in [3.05, 3.63) is 48.6 Å². The molecule has 0 saturated heterocycles. The molecular weight excluding hydrogens is 336 g/mol. The molecule has 0 aliphatic carbocycles. The van der Waals surface area contributed by atoms with Crippen LogP contribution in [0, 0.1) is 11.8 Å². The largest absolute Gasteiger partial charge is 0.479 e. The van der Waals surface area contributed by atoms with E-state index in [-0.39, 0.29) is 11.5 Å². The van der Waals surface area contributed by atoms with E-state index < -0.39 is 29.9 Å². The SMILES string of the molecule is C=CCCC(CC(C)C)C(=O)N(C(=O)NO)C(C(=O)O)c1ccccc1. The van der Waals surface area contributed by atoms with Crippen molar-refractivity contribution in [2.75, 3.05) is 0 Å². The molecule has 142 valence electrons. The molecule has 1 rings (SSSR count). The van der Waals surface area contributed by atoms with Crippen LogP contribution in [0.5, 0.6) is 0 Å². The van der Waals surface area contributed by atoms with Crippen molar-refractivity contribution in [3.63, 3.8) is 0 Å². The smallest absolute Gasteiger partial charge is 0.348 e. The summed E-state index contributed by atoms with van der Waals surface area (Å²) in [4.78, 5) is 37.7. The van der Waals surface area contributed by atoms with Gasteiger partial charge in [0.15, 0.2) is 6.04 Å². The predicted octanol–water partition coefficient (Wildman–Crippen LogP) is 3.37. The summed E-state index contributed by atoms with van der Waals surface area (Å²) >= 11 is 0. The maximum Gasteiger partial charge on any atom is 0.348 e. The van der Waals surface area contributed by atoms with E-state index in [1.165, 1.54) is 17.6 Å². The molecule has 0 heterocycles. The van der Waals surface area contributed by atoms with Crippen molar-refractivity contribution in [1.29, 1.82) is 0 Å². The monoisotopic (exact) mass is 362 g/mol. The maximum absolute atomic E-state index is 13.1. The van der Waals surface area contributed by atoms with Gasteiger partial charge in [0.2, 0.25) is 5.91 Å². The highest BCUT2D eigenvalue weighted by Crippen LogP contribution is 2.27. The highest BCUT2D eigenvalue weighted by Gasteiger charge is 2.39. The lowest BCUT2D eigenvalue weighted by atomic mass is 9.90. The molecule has 7 heteroatoms. The minimum Gasteiger partial charge on any atom is -0.479 e. The van der Waals surface area contributed by atoms with E-state index in [0.717, 1.165) is 0 Å². The van der Waals surface area contributed by atoms with Crippen molar-refractivity contribution < 1.29 is 24.7 Å². The molecule has 0 radical (unpaired) electrons. The first-order valence-electron chi connectivity index (χ1n) is 8.49. The van der Waals surface area contributed by atoms with Crippen molar-refractivity contribution in [1.82, 2.24) is 10.4 Å². The summed E-state index contributed by atoms with van der Waals surface area (Å²) in [6.45, 7) is 7.52. The summed E-state index contributed by atoms with van der Waals surface area (Å²) in [5, 5.41) is 18.7. The Balaban J connectivity index is 3.31. The van der Waals surface area contributed by atoms with Gasteiger partial charge in [0.25, 0.3) is 0 Å². The number of carbonyl (C=O) groups excluding carboxylic acids is 2. The van der Waals surface area contributed by atoms with Crippen LogP contribution in [-0.4, -0.2) is 33.1 Å². The van der Waals surface area contributed by atoms with Crippen LogP contribution in [0.15, 0.2) is 43.0 Å². The molecule has 7 nitrogen and oxygen atoms in total. The van der Waals surface area contributed by atoms with Crippen LogP contribution in [0.2, 0.25) is 0 Å². The van der Waals surface area contributed by atoms with E-state index in [9.17, 15) is 19.5 Å². The van der Waals surface area contributed by atoms with Crippen molar-refractivity contribution in [2.45, 2.75) is 39.2 Å². The molecule has 3 amide bonds. The normalized spacial score (nSPS) is 12.9. The van der Waals surface area contributed by atoms with Crippen LogP contribution in [0.4, 0.5) is 4.79 Å². The molecular formula is C19H26N2O5. The van der Waals surface area contributed by atoms with Gasteiger partial charge in [-0.05, 0) is 30.7 Å². The fraction of sp³-hybridized carbons (Fsp3) is 0.421. The Bertz CT molecular complexity index is 630. The topological polar surface area (TPSA) is 107 Å². The van der Waals surface area contributed by atoms with Crippen LogP contribution in [0.3, 0.4) is 0 Å². The van der Waals surface area contributed by atoms with Crippen LogP contribution < -0.4 is 5.48 Å². The molecule has 26 heavy (non-hydrogen) atoms. The molecule has 2 atom stereocenters. The predicted molar refractivity (Wildman–Crippen MR) is 96.4 cm³/mol. The summed E-state index contributed by atoms with van der Waals surface area (Å²) in [5.74, 6) is -2.38. The van der Waals surface area contributed by atoms with Crippen LogP contribution in [-0.2, 0) is 9.59 Å². The van der Waals surface area contributed by atoms with Gasteiger partial charge in [0, 0.05) is 5.92 Å². The summed E-state index contributed by atoms with van der Waals surface area (Å²) < 4.78 is 0. The number of rotatable bonds is 9. The molecule has 0 aromatic heterocycles. The van der Waals surface area contributed by atoms with Crippen molar-refractivity contribution in [3.8, 4) is 0 Å². The third-order valence-electron chi connectivity index (χ3n) is 3.98. The van der Waals surface area contributed by atoms with E-state index in [1.807, 2.05) is 13.8 Å². The highest BCUT2D eigenvalue weighted by molar-refractivity contribution is 5.99. The lowest BCUT2D eigenvalue weighted by Gasteiger charge is -2.30. The Morgan fingerprint density at radius 3 is 2.31 bits per heavy atom. The number of amides is 3. The second-order valence-electron chi connectivity index (χ2n) is 6.47. The molecule has 1 aromatic carbocycles. The first-order valence-corrected chi connectivity index (χ1v) is 8.49.